The van der Waals surface area contributed by atoms with Gasteiger partial charge >= 0.3 is 6.09 Å². The maximum atomic E-state index is 12.0. The number of amides is 1. The first-order valence-electron chi connectivity index (χ1n) is 4.55. The standard InChI is InChI=1S/C9H18FNO3/c1-9(2,3)14-8(13)11(5-4-10)6-7-12/h12H,4-7H2,1-3H3. The van der Waals surface area contributed by atoms with Crippen molar-refractivity contribution in [3.8, 4) is 0 Å². The van der Waals surface area contributed by atoms with E-state index < -0.39 is 18.4 Å². The van der Waals surface area contributed by atoms with Crippen LogP contribution in [0.15, 0.2) is 0 Å². The first-order chi connectivity index (χ1) is 6.40. The number of halogens is 1. The van der Waals surface area contributed by atoms with Gasteiger partial charge in [0.2, 0.25) is 0 Å². The van der Waals surface area contributed by atoms with E-state index >= 15 is 0 Å². The molecule has 0 fully saturated rings. The summed E-state index contributed by atoms with van der Waals surface area (Å²) in [7, 11) is 0. The van der Waals surface area contributed by atoms with E-state index in [1.807, 2.05) is 0 Å². The van der Waals surface area contributed by atoms with Crippen LogP contribution in [0.1, 0.15) is 20.8 Å². The van der Waals surface area contributed by atoms with Gasteiger partial charge < -0.3 is 14.7 Å². The highest BCUT2D eigenvalue weighted by atomic mass is 19.1. The van der Waals surface area contributed by atoms with Crippen molar-refractivity contribution in [2.75, 3.05) is 26.4 Å². The van der Waals surface area contributed by atoms with Gasteiger partial charge in [-0.25, -0.2) is 9.18 Å². The predicted molar refractivity (Wildman–Crippen MR) is 50.9 cm³/mol. The average molecular weight is 207 g/mol. The zero-order valence-electron chi connectivity index (χ0n) is 8.92. The third-order valence-corrected chi connectivity index (χ3v) is 1.38. The van der Waals surface area contributed by atoms with E-state index in [0.717, 1.165) is 4.90 Å². The van der Waals surface area contributed by atoms with E-state index in [1.54, 1.807) is 20.8 Å². The molecule has 0 aliphatic carbocycles. The van der Waals surface area contributed by atoms with Crippen LogP contribution in [-0.4, -0.2) is 48.1 Å². The molecule has 84 valence electrons. The van der Waals surface area contributed by atoms with Crippen molar-refractivity contribution in [1.82, 2.24) is 4.90 Å². The summed E-state index contributed by atoms with van der Waals surface area (Å²) in [6.45, 7) is 4.42. The molecular weight excluding hydrogens is 189 g/mol. The fraction of sp³-hybridized carbons (Fsp3) is 0.889. The number of hydrogen-bond acceptors (Lipinski definition) is 3. The quantitative estimate of drug-likeness (QED) is 0.753. The molecule has 4 nitrogen and oxygen atoms in total. The van der Waals surface area contributed by atoms with E-state index in [-0.39, 0.29) is 19.7 Å². The van der Waals surface area contributed by atoms with Crippen LogP contribution in [0.2, 0.25) is 0 Å². The SMILES string of the molecule is CC(C)(C)OC(=O)N(CCO)CCF. The van der Waals surface area contributed by atoms with Crippen molar-refractivity contribution in [3.63, 3.8) is 0 Å². The minimum atomic E-state index is -0.640. The van der Waals surface area contributed by atoms with Gasteiger partial charge in [0.1, 0.15) is 12.3 Å². The zero-order chi connectivity index (χ0) is 11.2. The lowest BCUT2D eigenvalue weighted by molar-refractivity contribution is 0.0208. The first kappa shape index (κ1) is 13.2. The number of aliphatic hydroxyl groups excluding tert-OH is 1. The van der Waals surface area contributed by atoms with Crippen molar-refractivity contribution >= 4 is 6.09 Å². The minimum absolute atomic E-state index is 0.0462. The first-order valence-corrected chi connectivity index (χ1v) is 4.55. The van der Waals surface area contributed by atoms with Crippen molar-refractivity contribution in [1.29, 1.82) is 0 Å². The Morgan fingerprint density at radius 2 is 2.00 bits per heavy atom. The van der Waals surface area contributed by atoms with Gasteiger partial charge in [0.15, 0.2) is 0 Å². The fourth-order valence-electron chi connectivity index (χ4n) is 0.844. The summed E-state index contributed by atoms with van der Waals surface area (Å²) in [6.07, 6.45) is -0.593. The predicted octanol–water partition coefficient (Wildman–Crippen LogP) is 1.19. The number of carbonyl (C=O) groups is 1. The van der Waals surface area contributed by atoms with Crippen molar-refractivity contribution in [3.05, 3.63) is 0 Å². The van der Waals surface area contributed by atoms with Crippen molar-refractivity contribution in [2.24, 2.45) is 0 Å². The normalized spacial score (nSPS) is 11.2. The second-order valence-corrected chi connectivity index (χ2v) is 3.88. The van der Waals surface area contributed by atoms with Crippen LogP contribution in [0.5, 0.6) is 0 Å². The van der Waals surface area contributed by atoms with Gasteiger partial charge in [0.25, 0.3) is 0 Å². The lowest BCUT2D eigenvalue weighted by Crippen LogP contribution is -2.39. The molecule has 0 aromatic carbocycles. The number of alkyl halides is 1. The molecule has 0 spiro atoms. The van der Waals surface area contributed by atoms with Crippen LogP contribution in [0.25, 0.3) is 0 Å². The summed E-state index contributed by atoms with van der Waals surface area (Å²) in [5, 5.41) is 8.64. The zero-order valence-corrected chi connectivity index (χ0v) is 8.92. The second kappa shape index (κ2) is 5.80. The molecule has 0 bridgehead atoms. The molecule has 0 atom stereocenters. The molecule has 1 amide bonds. The van der Waals surface area contributed by atoms with Crippen LogP contribution in [0, 0.1) is 0 Å². The lowest BCUT2D eigenvalue weighted by atomic mass is 10.2. The number of hydrogen-bond donors (Lipinski definition) is 1. The topological polar surface area (TPSA) is 49.8 Å². The Balaban J connectivity index is 4.14. The van der Waals surface area contributed by atoms with E-state index in [0.29, 0.717) is 0 Å². The Hall–Kier alpha value is -0.840. The Morgan fingerprint density at radius 3 is 2.36 bits per heavy atom. The van der Waals surface area contributed by atoms with Gasteiger partial charge in [0, 0.05) is 6.54 Å². The third kappa shape index (κ3) is 5.75. The Kier molecular flexibility index (Phi) is 5.45. The molecule has 0 aliphatic heterocycles. The van der Waals surface area contributed by atoms with Gasteiger partial charge in [-0.15, -0.1) is 0 Å². The summed E-state index contributed by atoms with van der Waals surface area (Å²) in [4.78, 5) is 12.5. The summed E-state index contributed by atoms with van der Waals surface area (Å²) in [5.41, 5.74) is -0.596. The molecule has 1 N–H and O–H groups in total. The molecule has 0 radical (unpaired) electrons. The van der Waals surface area contributed by atoms with E-state index in [1.165, 1.54) is 0 Å². The number of aliphatic hydroxyl groups is 1. The van der Waals surface area contributed by atoms with Gasteiger partial charge in [0.05, 0.1) is 13.2 Å². The molecule has 14 heavy (non-hydrogen) atoms. The molecule has 0 aliphatic rings. The third-order valence-electron chi connectivity index (χ3n) is 1.38. The minimum Gasteiger partial charge on any atom is -0.444 e. The smallest absolute Gasteiger partial charge is 0.410 e. The monoisotopic (exact) mass is 207 g/mol. The number of ether oxygens (including phenoxy) is 1. The highest BCUT2D eigenvalue weighted by Crippen LogP contribution is 2.09. The molecule has 0 saturated heterocycles. The molecule has 0 rings (SSSR count). The Labute approximate surface area is 83.7 Å². The lowest BCUT2D eigenvalue weighted by Gasteiger charge is -2.26. The molecule has 0 saturated carbocycles. The van der Waals surface area contributed by atoms with Crippen LogP contribution < -0.4 is 0 Å². The van der Waals surface area contributed by atoms with Gasteiger partial charge in [-0.05, 0) is 20.8 Å². The average Bonchev–Trinajstić information content (AvgIpc) is 2.01. The van der Waals surface area contributed by atoms with Gasteiger partial charge in [-0.1, -0.05) is 0 Å². The van der Waals surface area contributed by atoms with E-state index in [9.17, 15) is 9.18 Å². The molecule has 0 aromatic rings. The van der Waals surface area contributed by atoms with Crippen LogP contribution in [-0.2, 0) is 4.74 Å². The van der Waals surface area contributed by atoms with E-state index in [4.69, 9.17) is 9.84 Å². The Morgan fingerprint density at radius 1 is 1.43 bits per heavy atom. The molecule has 0 unspecified atom stereocenters. The molecule has 5 heteroatoms. The number of nitrogens with zero attached hydrogens (tertiary/aromatic N) is 1. The van der Waals surface area contributed by atoms with Crippen LogP contribution >= 0.6 is 0 Å². The molecule has 0 heterocycles. The van der Waals surface area contributed by atoms with Crippen LogP contribution in [0.3, 0.4) is 0 Å². The second-order valence-electron chi connectivity index (χ2n) is 3.88. The van der Waals surface area contributed by atoms with E-state index in [2.05, 4.69) is 0 Å². The summed E-state index contributed by atoms with van der Waals surface area (Å²) >= 11 is 0. The van der Waals surface area contributed by atoms with Crippen molar-refractivity contribution in [2.45, 2.75) is 26.4 Å². The maximum Gasteiger partial charge on any atom is 0.410 e. The maximum absolute atomic E-state index is 12.0. The summed E-state index contributed by atoms with van der Waals surface area (Å²) < 4.78 is 17.0. The number of rotatable bonds is 4. The molecular formula is C9H18FNO3. The van der Waals surface area contributed by atoms with Gasteiger partial charge in [-0.2, -0.15) is 0 Å². The van der Waals surface area contributed by atoms with Gasteiger partial charge in [-0.3, -0.25) is 0 Å². The highest BCUT2D eigenvalue weighted by molar-refractivity contribution is 5.68. The van der Waals surface area contributed by atoms with Crippen LogP contribution in [0.4, 0.5) is 9.18 Å². The number of carbonyl (C=O) groups excluding carboxylic acids is 1. The largest absolute Gasteiger partial charge is 0.444 e. The summed E-state index contributed by atoms with van der Waals surface area (Å²) in [5.74, 6) is 0. The Bertz CT molecular complexity index is 173. The highest BCUT2D eigenvalue weighted by Gasteiger charge is 2.21. The fourth-order valence-corrected chi connectivity index (χ4v) is 0.844. The summed E-state index contributed by atoms with van der Waals surface area (Å²) in [6, 6.07) is 0. The molecule has 0 aromatic heterocycles. The van der Waals surface area contributed by atoms with Crippen molar-refractivity contribution < 1.29 is 19.0 Å².